The summed E-state index contributed by atoms with van der Waals surface area (Å²) in [4.78, 5) is 22.4. The van der Waals surface area contributed by atoms with E-state index in [-0.39, 0.29) is 27.8 Å². The number of hydrogen-bond acceptors (Lipinski definition) is 4. The average molecular weight is 338 g/mol. The number of carbonyl (C=O) groups is 2. The fourth-order valence-corrected chi connectivity index (χ4v) is 4.31. The van der Waals surface area contributed by atoms with Gasteiger partial charge in [0.05, 0.1) is 5.02 Å². The van der Waals surface area contributed by atoms with E-state index in [2.05, 4.69) is 0 Å². The highest BCUT2D eigenvalue weighted by Crippen LogP contribution is 2.32. The highest BCUT2D eigenvalue weighted by molar-refractivity contribution is 7.89. The molecule has 6 nitrogen and oxygen atoms in total. The summed E-state index contributed by atoms with van der Waals surface area (Å²) >= 11 is 11.5. The van der Waals surface area contributed by atoms with Crippen molar-refractivity contribution in [2.45, 2.75) is 23.8 Å². The first-order valence-electron chi connectivity index (χ1n) is 5.50. The maximum absolute atomic E-state index is 12.4. The molecular weight excluding hydrogens is 329 g/mol. The van der Waals surface area contributed by atoms with Crippen LogP contribution in [0.25, 0.3) is 0 Å². The molecule has 1 fully saturated rings. The Morgan fingerprint density at radius 3 is 2.60 bits per heavy atom. The molecule has 0 saturated carbocycles. The van der Waals surface area contributed by atoms with E-state index < -0.39 is 27.9 Å². The first-order chi connectivity index (χ1) is 9.25. The molecule has 0 spiro atoms. The van der Waals surface area contributed by atoms with E-state index in [1.165, 1.54) is 12.1 Å². The third kappa shape index (κ3) is 2.48. The van der Waals surface area contributed by atoms with Crippen molar-refractivity contribution in [1.82, 2.24) is 4.31 Å². The van der Waals surface area contributed by atoms with Crippen LogP contribution < -0.4 is 0 Å². The van der Waals surface area contributed by atoms with E-state index >= 15 is 0 Å². The van der Waals surface area contributed by atoms with Crippen LogP contribution in [0.4, 0.5) is 0 Å². The van der Waals surface area contributed by atoms with Crippen molar-refractivity contribution in [2.75, 3.05) is 0 Å². The molecule has 1 aliphatic heterocycles. The minimum atomic E-state index is -4.35. The van der Waals surface area contributed by atoms with Gasteiger partial charge in [0.2, 0.25) is 5.91 Å². The quantitative estimate of drug-likeness (QED) is 0.907. The van der Waals surface area contributed by atoms with Gasteiger partial charge in [-0.15, -0.1) is 0 Å². The smallest absolute Gasteiger partial charge is 0.327 e. The van der Waals surface area contributed by atoms with Crippen molar-refractivity contribution in [3.8, 4) is 0 Å². The van der Waals surface area contributed by atoms with Crippen LogP contribution in [-0.2, 0) is 19.6 Å². The minimum Gasteiger partial charge on any atom is -0.480 e. The molecule has 1 atom stereocenters. The zero-order chi connectivity index (χ0) is 15.1. The molecule has 0 bridgehead atoms. The topological polar surface area (TPSA) is 91.8 Å². The Bertz CT molecular complexity index is 688. The number of amides is 1. The number of carboxylic acid groups (broad SMARTS) is 1. The van der Waals surface area contributed by atoms with Gasteiger partial charge in [0.15, 0.2) is 0 Å². The molecule has 0 unspecified atom stereocenters. The van der Waals surface area contributed by atoms with Gasteiger partial charge < -0.3 is 5.11 Å². The van der Waals surface area contributed by atoms with E-state index in [4.69, 9.17) is 28.3 Å². The minimum absolute atomic E-state index is 0.0639. The summed E-state index contributed by atoms with van der Waals surface area (Å²) in [5.41, 5.74) is 0. The number of carboxylic acids is 1. The monoisotopic (exact) mass is 337 g/mol. The summed E-state index contributed by atoms with van der Waals surface area (Å²) in [5, 5.41) is 9.01. The van der Waals surface area contributed by atoms with Crippen LogP contribution in [0.2, 0.25) is 10.0 Å². The fourth-order valence-electron chi connectivity index (χ4n) is 1.97. The van der Waals surface area contributed by atoms with Crippen molar-refractivity contribution in [3.05, 3.63) is 28.2 Å². The first-order valence-corrected chi connectivity index (χ1v) is 7.70. The molecule has 2 rings (SSSR count). The largest absolute Gasteiger partial charge is 0.480 e. The molecule has 1 aromatic rings. The molecule has 0 aliphatic carbocycles. The molecule has 1 saturated heterocycles. The SMILES string of the molecule is O=C(O)[C@@H]1CCC(=O)N1S(=O)(=O)c1cc(Cl)ccc1Cl. The molecule has 0 aromatic heterocycles. The molecule has 108 valence electrons. The van der Waals surface area contributed by atoms with E-state index in [0.29, 0.717) is 4.31 Å². The number of aliphatic carboxylic acids is 1. The summed E-state index contributed by atoms with van der Waals surface area (Å²) < 4.78 is 25.2. The molecule has 1 aliphatic rings. The number of benzene rings is 1. The maximum Gasteiger partial charge on any atom is 0.327 e. The summed E-state index contributed by atoms with van der Waals surface area (Å²) in [6.45, 7) is 0. The highest BCUT2D eigenvalue weighted by atomic mass is 35.5. The van der Waals surface area contributed by atoms with Gasteiger partial charge in [-0.25, -0.2) is 17.5 Å². The summed E-state index contributed by atoms with van der Waals surface area (Å²) in [5.74, 6) is -2.15. The molecule has 9 heteroatoms. The average Bonchev–Trinajstić information content (AvgIpc) is 2.75. The molecule has 20 heavy (non-hydrogen) atoms. The highest BCUT2D eigenvalue weighted by Gasteiger charge is 2.45. The number of nitrogens with zero attached hydrogens (tertiary/aromatic N) is 1. The lowest BCUT2D eigenvalue weighted by atomic mass is 10.2. The molecule has 1 aromatic carbocycles. The second-order valence-corrected chi connectivity index (χ2v) is 6.79. The number of hydrogen-bond donors (Lipinski definition) is 1. The van der Waals surface area contributed by atoms with Crippen LogP contribution in [0.5, 0.6) is 0 Å². The van der Waals surface area contributed by atoms with E-state index in [1.807, 2.05) is 0 Å². The van der Waals surface area contributed by atoms with Crippen molar-refractivity contribution in [1.29, 1.82) is 0 Å². The zero-order valence-electron chi connectivity index (χ0n) is 9.92. The van der Waals surface area contributed by atoms with Gasteiger partial charge in [-0.05, 0) is 24.6 Å². The number of halogens is 2. The normalized spacial score (nSPS) is 19.4. The number of carbonyl (C=O) groups excluding carboxylic acids is 1. The Hall–Kier alpha value is -1.31. The molecule has 1 amide bonds. The van der Waals surface area contributed by atoms with Crippen molar-refractivity contribution in [3.63, 3.8) is 0 Å². The van der Waals surface area contributed by atoms with Gasteiger partial charge in [-0.3, -0.25) is 4.79 Å². The predicted octanol–water partition coefficient (Wildman–Crippen LogP) is 1.76. The van der Waals surface area contributed by atoms with Crippen LogP contribution in [0.15, 0.2) is 23.1 Å². The van der Waals surface area contributed by atoms with Gasteiger partial charge in [0.1, 0.15) is 10.9 Å². The van der Waals surface area contributed by atoms with Crippen molar-refractivity contribution >= 4 is 45.1 Å². The molecule has 0 radical (unpaired) electrons. The lowest BCUT2D eigenvalue weighted by Crippen LogP contribution is -2.42. The standard InChI is InChI=1S/C11H9Cl2NO5S/c12-6-1-2-7(13)9(5-6)20(18,19)14-8(11(16)17)3-4-10(14)15/h1-2,5,8H,3-4H2,(H,16,17)/t8-/m0/s1. The molecular formula is C11H9Cl2NO5S. The maximum atomic E-state index is 12.4. The van der Waals surface area contributed by atoms with Crippen molar-refractivity contribution < 1.29 is 23.1 Å². The zero-order valence-corrected chi connectivity index (χ0v) is 12.2. The Balaban J connectivity index is 2.56. The summed E-state index contributed by atoms with van der Waals surface area (Å²) in [6, 6.07) is 2.34. The van der Waals surface area contributed by atoms with Crippen molar-refractivity contribution in [2.24, 2.45) is 0 Å². The Morgan fingerprint density at radius 2 is 2.00 bits per heavy atom. The van der Waals surface area contributed by atoms with Gasteiger partial charge in [-0.2, -0.15) is 0 Å². The van der Waals surface area contributed by atoms with E-state index in [9.17, 15) is 18.0 Å². The number of sulfonamides is 1. The van der Waals surface area contributed by atoms with Crippen LogP contribution in [0, 0.1) is 0 Å². The Morgan fingerprint density at radius 1 is 1.35 bits per heavy atom. The predicted molar refractivity (Wildman–Crippen MR) is 71.2 cm³/mol. The van der Waals surface area contributed by atoms with E-state index in [1.54, 1.807) is 0 Å². The van der Waals surface area contributed by atoms with Gasteiger partial charge in [0, 0.05) is 11.4 Å². The third-order valence-corrected chi connectivity index (χ3v) is 5.42. The third-order valence-electron chi connectivity index (χ3n) is 2.88. The second kappa shape index (κ2) is 5.23. The van der Waals surface area contributed by atoms with Crippen LogP contribution in [0.1, 0.15) is 12.8 Å². The van der Waals surface area contributed by atoms with Gasteiger partial charge >= 0.3 is 5.97 Å². The van der Waals surface area contributed by atoms with Crippen LogP contribution in [-0.4, -0.2) is 35.7 Å². The fraction of sp³-hybridized carbons (Fsp3) is 0.273. The lowest BCUT2D eigenvalue weighted by molar-refractivity contribution is -0.143. The van der Waals surface area contributed by atoms with Crippen LogP contribution in [0.3, 0.4) is 0 Å². The number of rotatable bonds is 3. The summed E-state index contributed by atoms with van der Waals surface area (Å²) in [6.07, 6.45) is -0.208. The van der Waals surface area contributed by atoms with Gasteiger partial charge in [-0.1, -0.05) is 23.2 Å². The van der Waals surface area contributed by atoms with E-state index in [0.717, 1.165) is 6.07 Å². The second-order valence-electron chi connectivity index (χ2n) is 4.16. The molecule has 1 heterocycles. The summed E-state index contributed by atoms with van der Waals surface area (Å²) in [7, 11) is -4.35. The molecule has 1 N–H and O–H groups in total. The van der Waals surface area contributed by atoms with Gasteiger partial charge in [0.25, 0.3) is 10.0 Å². The first kappa shape index (κ1) is 15.1. The van der Waals surface area contributed by atoms with Crippen LogP contribution >= 0.6 is 23.2 Å². The lowest BCUT2D eigenvalue weighted by Gasteiger charge is -2.22. The Labute approximate surface area is 124 Å². The Kier molecular flexibility index (Phi) is 3.95.